The van der Waals surface area contributed by atoms with Gasteiger partial charge in [0.2, 0.25) is 0 Å². The summed E-state index contributed by atoms with van der Waals surface area (Å²) in [5.41, 5.74) is 7.57. The van der Waals surface area contributed by atoms with E-state index in [9.17, 15) is 9.59 Å². The van der Waals surface area contributed by atoms with E-state index < -0.39 is 18.0 Å². The maximum atomic E-state index is 12.5. The molecule has 1 heterocycles. The number of carbonyl (C=O) groups excluding carboxylic acids is 2. The lowest BCUT2D eigenvalue weighted by Gasteiger charge is -2.11. The monoisotopic (exact) mass is 399 g/mol. The molecule has 1 atom stereocenters. The van der Waals surface area contributed by atoms with Gasteiger partial charge in [0.1, 0.15) is 17.2 Å². The predicted molar refractivity (Wildman–Crippen MR) is 104 cm³/mol. The zero-order valence-corrected chi connectivity index (χ0v) is 16.0. The Morgan fingerprint density at radius 1 is 1.07 bits per heavy atom. The molecule has 0 bridgehead atoms. The van der Waals surface area contributed by atoms with Crippen molar-refractivity contribution in [2.45, 2.75) is 20.0 Å². The van der Waals surface area contributed by atoms with E-state index in [1.807, 2.05) is 12.1 Å². The number of amides is 1. The van der Waals surface area contributed by atoms with Crippen molar-refractivity contribution < 1.29 is 19.1 Å². The highest BCUT2D eigenvalue weighted by molar-refractivity contribution is 6.30. The Morgan fingerprint density at radius 2 is 1.68 bits per heavy atom. The fourth-order valence-corrected chi connectivity index (χ4v) is 2.62. The lowest BCUT2D eigenvalue weighted by atomic mass is 10.1. The van der Waals surface area contributed by atoms with Crippen molar-refractivity contribution in [3.05, 3.63) is 64.8 Å². The lowest BCUT2D eigenvalue weighted by molar-refractivity contribution is -0.123. The summed E-state index contributed by atoms with van der Waals surface area (Å²) < 4.78 is 10.7. The van der Waals surface area contributed by atoms with Crippen LogP contribution in [0.15, 0.2) is 48.5 Å². The van der Waals surface area contributed by atoms with Gasteiger partial charge in [-0.2, -0.15) is 5.10 Å². The number of hydrogen-bond donors (Lipinski definition) is 2. The minimum atomic E-state index is -0.757. The standard InChI is InChI=1S/C20H18ClN3O4/c1-11-17(13-3-5-14(21)6-4-13)23-24-18(11)20(26)28-16-9-7-15(8-10-16)27-12(2)19(22)25/h3-10,12H,1-2H3,(H2,22,25)(H,23,24)/t12-/m1/s1. The van der Waals surface area contributed by atoms with Gasteiger partial charge in [-0.3, -0.25) is 9.89 Å². The fraction of sp³-hybridized carbons (Fsp3) is 0.150. The second kappa shape index (κ2) is 8.14. The van der Waals surface area contributed by atoms with Crippen molar-refractivity contribution in [1.82, 2.24) is 10.2 Å². The van der Waals surface area contributed by atoms with Gasteiger partial charge in [-0.15, -0.1) is 0 Å². The molecular weight excluding hydrogens is 382 g/mol. The van der Waals surface area contributed by atoms with Crippen LogP contribution < -0.4 is 15.2 Å². The number of halogens is 1. The normalized spacial score (nSPS) is 11.7. The first-order valence-electron chi connectivity index (χ1n) is 8.44. The SMILES string of the molecule is Cc1c(-c2ccc(Cl)cc2)n[nH]c1C(=O)Oc1ccc(O[C@H](C)C(N)=O)cc1. The van der Waals surface area contributed by atoms with Gasteiger partial charge in [0.15, 0.2) is 6.10 Å². The second-order valence-electron chi connectivity index (χ2n) is 6.10. The number of esters is 1. The Labute approximate surface area is 166 Å². The molecule has 3 N–H and O–H groups in total. The van der Waals surface area contributed by atoms with E-state index in [0.29, 0.717) is 27.8 Å². The van der Waals surface area contributed by atoms with E-state index in [2.05, 4.69) is 10.2 Å². The van der Waals surface area contributed by atoms with Crippen molar-refractivity contribution in [1.29, 1.82) is 0 Å². The molecule has 0 fully saturated rings. The predicted octanol–water partition coefficient (Wildman–Crippen LogP) is 3.51. The molecule has 28 heavy (non-hydrogen) atoms. The summed E-state index contributed by atoms with van der Waals surface area (Å²) in [5.74, 6) is -0.369. The number of hydrogen-bond acceptors (Lipinski definition) is 5. The molecule has 1 aromatic heterocycles. The Morgan fingerprint density at radius 3 is 2.29 bits per heavy atom. The summed E-state index contributed by atoms with van der Waals surface area (Å²) in [6.07, 6.45) is -0.757. The second-order valence-corrected chi connectivity index (χ2v) is 6.54. The van der Waals surface area contributed by atoms with Crippen LogP contribution >= 0.6 is 11.6 Å². The zero-order chi connectivity index (χ0) is 20.3. The topological polar surface area (TPSA) is 107 Å². The van der Waals surface area contributed by atoms with Gasteiger partial charge >= 0.3 is 5.97 Å². The molecule has 8 heteroatoms. The summed E-state index contributed by atoms with van der Waals surface area (Å²) in [6.45, 7) is 3.34. The summed E-state index contributed by atoms with van der Waals surface area (Å²) in [5, 5.41) is 7.55. The number of primary amides is 1. The van der Waals surface area contributed by atoms with E-state index in [1.165, 1.54) is 0 Å². The average molecular weight is 400 g/mol. The zero-order valence-electron chi connectivity index (χ0n) is 15.2. The molecule has 144 valence electrons. The minimum Gasteiger partial charge on any atom is -0.481 e. The molecule has 0 saturated carbocycles. The van der Waals surface area contributed by atoms with Gasteiger partial charge in [-0.05, 0) is 50.2 Å². The quantitative estimate of drug-likeness (QED) is 0.487. The van der Waals surface area contributed by atoms with Crippen LogP contribution in [0.3, 0.4) is 0 Å². The highest BCUT2D eigenvalue weighted by atomic mass is 35.5. The van der Waals surface area contributed by atoms with E-state index in [4.69, 9.17) is 26.8 Å². The molecular formula is C20H18ClN3O4. The molecule has 0 saturated heterocycles. The molecule has 0 aliphatic rings. The summed E-state index contributed by atoms with van der Waals surface area (Å²) >= 11 is 5.90. The van der Waals surface area contributed by atoms with Gasteiger partial charge in [0, 0.05) is 16.1 Å². The summed E-state index contributed by atoms with van der Waals surface area (Å²) in [4.78, 5) is 23.5. The van der Waals surface area contributed by atoms with Gasteiger partial charge < -0.3 is 15.2 Å². The first-order valence-corrected chi connectivity index (χ1v) is 8.82. The van der Waals surface area contributed by atoms with Crippen LogP contribution in [0.2, 0.25) is 5.02 Å². The number of H-pyrrole nitrogens is 1. The van der Waals surface area contributed by atoms with Gasteiger partial charge in [-0.25, -0.2) is 4.79 Å². The third-order valence-electron chi connectivity index (χ3n) is 4.08. The first kappa shape index (κ1) is 19.4. The smallest absolute Gasteiger partial charge is 0.362 e. The van der Waals surface area contributed by atoms with Crippen LogP contribution in [0.4, 0.5) is 0 Å². The fourth-order valence-electron chi connectivity index (χ4n) is 2.49. The third-order valence-corrected chi connectivity index (χ3v) is 4.33. The number of rotatable bonds is 6. The van der Waals surface area contributed by atoms with Crippen LogP contribution in [0.1, 0.15) is 23.0 Å². The molecule has 1 amide bonds. The number of nitrogens with zero attached hydrogens (tertiary/aromatic N) is 1. The molecule has 3 aromatic rings. The highest BCUT2D eigenvalue weighted by Crippen LogP contribution is 2.26. The Hall–Kier alpha value is -3.32. The minimum absolute atomic E-state index is 0.257. The molecule has 0 spiro atoms. The van der Waals surface area contributed by atoms with Crippen LogP contribution in [-0.4, -0.2) is 28.2 Å². The summed E-state index contributed by atoms with van der Waals surface area (Å²) in [6, 6.07) is 13.5. The molecule has 2 aromatic carbocycles. The van der Waals surface area contributed by atoms with E-state index in [0.717, 1.165) is 5.56 Å². The van der Waals surface area contributed by atoms with Gasteiger partial charge in [-0.1, -0.05) is 23.7 Å². The average Bonchev–Trinajstić information content (AvgIpc) is 3.05. The maximum absolute atomic E-state index is 12.5. The largest absolute Gasteiger partial charge is 0.481 e. The van der Waals surface area contributed by atoms with Crippen molar-refractivity contribution in [3.63, 3.8) is 0 Å². The highest BCUT2D eigenvalue weighted by Gasteiger charge is 2.19. The number of nitrogens with one attached hydrogen (secondary N) is 1. The van der Waals surface area contributed by atoms with Crippen LogP contribution in [-0.2, 0) is 4.79 Å². The molecule has 0 aliphatic carbocycles. The van der Waals surface area contributed by atoms with Crippen molar-refractivity contribution in [3.8, 4) is 22.8 Å². The molecule has 3 rings (SSSR count). The number of aromatic nitrogens is 2. The first-order chi connectivity index (χ1) is 13.3. The number of aromatic amines is 1. The molecule has 7 nitrogen and oxygen atoms in total. The Bertz CT molecular complexity index is 997. The van der Waals surface area contributed by atoms with E-state index in [1.54, 1.807) is 50.2 Å². The Kier molecular flexibility index (Phi) is 5.65. The number of carbonyl (C=O) groups is 2. The van der Waals surface area contributed by atoms with E-state index >= 15 is 0 Å². The van der Waals surface area contributed by atoms with Crippen molar-refractivity contribution in [2.75, 3.05) is 0 Å². The summed E-state index contributed by atoms with van der Waals surface area (Å²) in [7, 11) is 0. The van der Waals surface area contributed by atoms with Crippen LogP contribution in [0, 0.1) is 6.92 Å². The maximum Gasteiger partial charge on any atom is 0.362 e. The number of benzene rings is 2. The van der Waals surface area contributed by atoms with Crippen molar-refractivity contribution in [2.24, 2.45) is 5.73 Å². The number of ether oxygens (including phenoxy) is 2. The Balaban J connectivity index is 1.71. The molecule has 0 unspecified atom stereocenters. The van der Waals surface area contributed by atoms with Gasteiger partial charge in [0.25, 0.3) is 5.91 Å². The molecule has 0 radical (unpaired) electrons. The third kappa shape index (κ3) is 4.32. The number of nitrogens with two attached hydrogens (primary N) is 1. The van der Waals surface area contributed by atoms with Crippen LogP contribution in [0.5, 0.6) is 11.5 Å². The van der Waals surface area contributed by atoms with Crippen molar-refractivity contribution >= 4 is 23.5 Å². The molecule has 0 aliphatic heterocycles. The lowest BCUT2D eigenvalue weighted by Crippen LogP contribution is -2.30. The van der Waals surface area contributed by atoms with Crippen LogP contribution in [0.25, 0.3) is 11.3 Å². The van der Waals surface area contributed by atoms with Gasteiger partial charge in [0.05, 0.1) is 5.69 Å². The van der Waals surface area contributed by atoms with E-state index in [-0.39, 0.29) is 5.69 Å².